The molecule has 0 aliphatic heterocycles. The van der Waals surface area contributed by atoms with Crippen LogP contribution in [-0.2, 0) is 6.54 Å². The minimum Gasteiger partial charge on any atom is -0.368 e. The summed E-state index contributed by atoms with van der Waals surface area (Å²) < 4.78 is 1.60. The zero-order chi connectivity index (χ0) is 12.4. The molecule has 0 aliphatic rings. The average Bonchev–Trinajstić information content (AvgIpc) is 2.69. The van der Waals surface area contributed by atoms with Gasteiger partial charge in [-0.3, -0.25) is 0 Å². The molecule has 0 aliphatic carbocycles. The van der Waals surface area contributed by atoms with Crippen molar-refractivity contribution in [2.24, 2.45) is 0 Å². The molecule has 2 N–H and O–H groups in total. The maximum Gasteiger partial charge on any atom is 0.222 e. The molecule has 0 radical (unpaired) electrons. The predicted octanol–water partition coefficient (Wildman–Crippen LogP) is 0.959. The Balaban J connectivity index is 2.33. The summed E-state index contributed by atoms with van der Waals surface area (Å²) in [5, 5.41) is 4.62. The Morgan fingerprint density at radius 3 is 2.88 bits per heavy atom. The van der Waals surface area contributed by atoms with Crippen LogP contribution in [0.3, 0.4) is 0 Å². The van der Waals surface area contributed by atoms with E-state index in [2.05, 4.69) is 20.0 Å². The molecule has 0 unspecified atom stereocenters. The fourth-order valence-corrected chi connectivity index (χ4v) is 1.63. The zero-order valence-electron chi connectivity index (χ0n) is 9.63. The van der Waals surface area contributed by atoms with E-state index < -0.39 is 0 Å². The molecule has 2 rings (SSSR count). The van der Waals surface area contributed by atoms with Crippen molar-refractivity contribution in [1.29, 1.82) is 0 Å². The van der Waals surface area contributed by atoms with Crippen LogP contribution in [0.4, 0.5) is 5.95 Å². The number of nitrogen functional groups attached to an aromatic ring is 1. The number of halogens is 1. The third-order valence-electron chi connectivity index (χ3n) is 2.10. The van der Waals surface area contributed by atoms with Gasteiger partial charge in [-0.2, -0.15) is 10.1 Å². The van der Waals surface area contributed by atoms with Crippen molar-refractivity contribution >= 4 is 17.5 Å². The van der Waals surface area contributed by atoms with Crippen molar-refractivity contribution in [3.05, 3.63) is 29.2 Å². The van der Waals surface area contributed by atoms with Crippen LogP contribution in [0.2, 0.25) is 5.02 Å². The first-order chi connectivity index (χ1) is 8.06. The summed E-state index contributed by atoms with van der Waals surface area (Å²) >= 11 is 5.99. The highest BCUT2D eigenvalue weighted by atomic mass is 35.5. The lowest BCUT2D eigenvalue weighted by Gasteiger charge is -2.06. The molecule has 2 aromatic rings. The Labute approximate surface area is 104 Å². The van der Waals surface area contributed by atoms with Crippen LogP contribution < -0.4 is 5.73 Å². The highest BCUT2D eigenvalue weighted by Crippen LogP contribution is 2.17. The highest BCUT2D eigenvalue weighted by molar-refractivity contribution is 6.32. The van der Waals surface area contributed by atoms with Crippen molar-refractivity contribution in [3.63, 3.8) is 0 Å². The predicted molar refractivity (Wildman–Crippen MR) is 66.0 cm³/mol. The van der Waals surface area contributed by atoms with E-state index in [1.807, 2.05) is 20.3 Å². The van der Waals surface area contributed by atoms with E-state index in [1.165, 1.54) is 6.20 Å². The minimum atomic E-state index is 0.175. The maximum absolute atomic E-state index is 5.99. The smallest absolute Gasteiger partial charge is 0.222 e. The van der Waals surface area contributed by atoms with Gasteiger partial charge >= 0.3 is 0 Å². The van der Waals surface area contributed by atoms with E-state index in [0.29, 0.717) is 10.8 Å². The third-order valence-corrected chi connectivity index (χ3v) is 2.36. The quantitative estimate of drug-likeness (QED) is 0.881. The number of nitrogens with two attached hydrogens (primary N) is 1. The number of rotatable bonds is 3. The van der Waals surface area contributed by atoms with Crippen LogP contribution in [0, 0.1) is 0 Å². The molecular weight excluding hydrogens is 240 g/mol. The Morgan fingerprint density at radius 2 is 2.18 bits per heavy atom. The van der Waals surface area contributed by atoms with E-state index in [4.69, 9.17) is 17.3 Å². The van der Waals surface area contributed by atoms with Crippen molar-refractivity contribution in [2.75, 3.05) is 19.8 Å². The zero-order valence-corrected chi connectivity index (χ0v) is 10.4. The number of hydrogen-bond donors (Lipinski definition) is 1. The molecule has 0 fully saturated rings. The minimum absolute atomic E-state index is 0.175. The molecule has 0 amide bonds. The number of aromatic nitrogens is 4. The summed E-state index contributed by atoms with van der Waals surface area (Å²) in [7, 11) is 3.99. The molecule has 0 spiro atoms. The molecule has 0 saturated heterocycles. The van der Waals surface area contributed by atoms with Gasteiger partial charge in [0.25, 0.3) is 0 Å². The van der Waals surface area contributed by atoms with Gasteiger partial charge in [0.1, 0.15) is 5.02 Å². The first-order valence-corrected chi connectivity index (χ1v) is 5.40. The summed E-state index contributed by atoms with van der Waals surface area (Å²) in [6, 6.07) is 0. The molecule has 0 bridgehead atoms. The molecule has 17 heavy (non-hydrogen) atoms. The molecule has 0 saturated carbocycles. The molecular formula is C10H13ClN6. The number of anilines is 1. The van der Waals surface area contributed by atoms with Crippen LogP contribution in [0.25, 0.3) is 5.82 Å². The first kappa shape index (κ1) is 11.8. The van der Waals surface area contributed by atoms with Crippen molar-refractivity contribution in [3.8, 4) is 5.82 Å². The molecule has 6 nitrogen and oxygen atoms in total. The molecule has 2 aromatic heterocycles. The second kappa shape index (κ2) is 4.68. The van der Waals surface area contributed by atoms with E-state index in [-0.39, 0.29) is 5.95 Å². The van der Waals surface area contributed by atoms with Gasteiger partial charge in [0.05, 0.1) is 12.4 Å². The lowest BCUT2D eigenvalue weighted by atomic mass is 10.3. The van der Waals surface area contributed by atoms with Gasteiger partial charge in [-0.25, -0.2) is 9.67 Å². The van der Waals surface area contributed by atoms with Crippen LogP contribution >= 0.6 is 11.6 Å². The largest absolute Gasteiger partial charge is 0.368 e. The Morgan fingerprint density at radius 1 is 1.41 bits per heavy atom. The van der Waals surface area contributed by atoms with E-state index in [0.717, 1.165) is 12.1 Å². The van der Waals surface area contributed by atoms with Crippen molar-refractivity contribution in [2.45, 2.75) is 6.54 Å². The normalized spacial score (nSPS) is 11.1. The monoisotopic (exact) mass is 252 g/mol. The van der Waals surface area contributed by atoms with Crippen LogP contribution in [0.5, 0.6) is 0 Å². The Hall–Kier alpha value is -1.66. The lowest BCUT2D eigenvalue weighted by molar-refractivity contribution is 0.402. The van der Waals surface area contributed by atoms with Gasteiger partial charge in [0.2, 0.25) is 5.95 Å². The van der Waals surface area contributed by atoms with Gasteiger partial charge in [-0.15, -0.1) is 0 Å². The van der Waals surface area contributed by atoms with E-state index >= 15 is 0 Å². The van der Waals surface area contributed by atoms with Gasteiger partial charge in [-0.05, 0) is 14.1 Å². The fourth-order valence-electron chi connectivity index (χ4n) is 1.45. The molecule has 90 valence electrons. The molecule has 2 heterocycles. The number of nitrogens with zero attached hydrogens (tertiary/aromatic N) is 5. The molecule has 0 atom stereocenters. The number of hydrogen-bond acceptors (Lipinski definition) is 5. The van der Waals surface area contributed by atoms with E-state index in [9.17, 15) is 0 Å². The second-order valence-electron chi connectivity index (χ2n) is 3.93. The molecule has 0 aromatic carbocycles. The second-order valence-corrected chi connectivity index (χ2v) is 4.34. The summed E-state index contributed by atoms with van der Waals surface area (Å²) in [5.41, 5.74) is 6.59. The Bertz CT molecular complexity index is 521. The Kier molecular flexibility index (Phi) is 3.26. The standard InChI is InChI=1S/C10H13ClN6/c1-16(2)5-7-3-14-17(6-7)9-8(11)4-13-10(12)15-9/h3-4,6H,5H2,1-2H3,(H2,12,13,15). The van der Waals surface area contributed by atoms with Crippen LogP contribution in [0.1, 0.15) is 5.56 Å². The van der Waals surface area contributed by atoms with Crippen LogP contribution in [-0.4, -0.2) is 38.7 Å². The topological polar surface area (TPSA) is 72.9 Å². The van der Waals surface area contributed by atoms with Crippen LogP contribution in [0.15, 0.2) is 18.6 Å². The average molecular weight is 253 g/mol. The summed E-state index contributed by atoms with van der Waals surface area (Å²) in [6.07, 6.45) is 5.11. The molecule has 7 heteroatoms. The summed E-state index contributed by atoms with van der Waals surface area (Å²) in [5.74, 6) is 0.665. The SMILES string of the molecule is CN(C)Cc1cnn(-c2nc(N)ncc2Cl)c1. The van der Waals surface area contributed by atoms with Gasteiger partial charge in [0.15, 0.2) is 5.82 Å². The summed E-state index contributed by atoms with van der Waals surface area (Å²) in [4.78, 5) is 9.92. The van der Waals surface area contributed by atoms with Crippen molar-refractivity contribution < 1.29 is 0 Å². The maximum atomic E-state index is 5.99. The lowest BCUT2D eigenvalue weighted by Crippen LogP contribution is -2.10. The van der Waals surface area contributed by atoms with Crippen molar-refractivity contribution in [1.82, 2.24) is 24.6 Å². The van der Waals surface area contributed by atoms with Gasteiger partial charge < -0.3 is 10.6 Å². The highest BCUT2D eigenvalue weighted by Gasteiger charge is 2.08. The van der Waals surface area contributed by atoms with Gasteiger partial charge in [-0.1, -0.05) is 11.6 Å². The fraction of sp³-hybridized carbons (Fsp3) is 0.300. The summed E-state index contributed by atoms with van der Waals surface area (Å²) in [6.45, 7) is 0.804. The van der Waals surface area contributed by atoms with Gasteiger partial charge in [0, 0.05) is 18.3 Å². The van der Waals surface area contributed by atoms with E-state index in [1.54, 1.807) is 10.9 Å². The first-order valence-electron chi connectivity index (χ1n) is 5.03. The third kappa shape index (κ3) is 2.72.